The van der Waals surface area contributed by atoms with Gasteiger partial charge in [-0.1, -0.05) is 19.1 Å². The molecule has 1 N–H and O–H groups in total. The second-order valence-corrected chi connectivity index (χ2v) is 5.59. The van der Waals surface area contributed by atoms with Crippen molar-refractivity contribution in [1.29, 1.82) is 0 Å². The molecule has 122 valence electrons. The average Bonchev–Trinajstić information content (AvgIpc) is 2.52. The molecule has 0 atom stereocenters. The Hall–Kier alpha value is -1.56. The summed E-state index contributed by atoms with van der Waals surface area (Å²) in [5.74, 6) is -0.0308. The number of nitrogens with one attached hydrogen (secondary N) is 1. The summed E-state index contributed by atoms with van der Waals surface area (Å²) >= 11 is 0. The van der Waals surface area contributed by atoms with E-state index in [1.54, 1.807) is 0 Å². The Kier molecular flexibility index (Phi) is 5.45. The maximum Gasteiger partial charge on any atom is 0.417 e. The molecule has 0 saturated carbocycles. The minimum atomic E-state index is -4.50. The summed E-state index contributed by atoms with van der Waals surface area (Å²) in [5, 5.41) is 3.27. The largest absolute Gasteiger partial charge is 0.417 e. The van der Waals surface area contributed by atoms with Crippen molar-refractivity contribution < 1.29 is 18.0 Å². The van der Waals surface area contributed by atoms with E-state index < -0.39 is 17.6 Å². The van der Waals surface area contributed by atoms with Gasteiger partial charge in [0, 0.05) is 13.1 Å². The highest BCUT2D eigenvalue weighted by Gasteiger charge is 2.36. The average molecular weight is 314 g/mol. The van der Waals surface area contributed by atoms with Gasteiger partial charge in [0.2, 0.25) is 0 Å². The topological polar surface area (TPSA) is 32.3 Å². The fourth-order valence-electron chi connectivity index (χ4n) is 2.78. The number of halogens is 3. The van der Waals surface area contributed by atoms with Crippen molar-refractivity contribution in [3.8, 4) is 0 Å². The smallest absolute Gasteiger partial charge is 0.339 e. The summed E-state index contributed by atoms with van der Waals surface area (Å²) in [6.45, 7) is 4.87. The van der Waals surface area contributed by atoms with Crippen LogP contribution >= 0.6 is 0 Å². The van der Waals surface area contributed by atoms with Gasteiger partial charge in [-0.05, 0) is 44.0 Å². The van der Waals surface area contributed by atoms with E-state index in [2.05, 4.69) is 5.32 Å². The fourth-order valence-corrected chi connectivity index (χ4v) is 2.78. The zero-order valence-electron chi connectivity index (χ0n) is 12.6. The Morgan fingerprint density at radius 3 is 2.50 bits per heavy atom. The Labute approximate surface area is 128 Å². The maximum atomic E-state index is 13.0. The summed E-state index contributed by atoms with van der Waals surface area (Å²) in [5.41, 5.74) is -1.10. The van der Waals surface area contributed by atoms with E-state index >= 15 is 0 Å². The molecule has 1 aromatic rings. The van der Waals surface area contributed by atoms with E-state index in [0.717, 1.165) is 32.0 Å². The standard InChI is InChI=1S/C16H21F3N2O/c1-2-20-11-12-7-9-21(10-8-12)15(22)13-5-3-4-6-14(13)16(17,18)19/h3-6,12,20H,2,7-11H2,1H3. The summed E-state index contributed by atoms with van der Waals surface area (Å²) in [6.07, 6.45) is -2.85. The van der Waals surface area contributed by atoms with Gasteiger partial charge in [0.05, 0.1) is 11.1 Å². The van der Waals surface area contributed by atoms with Crippen LogP contribution in [0.5, 0.6) is 0 Å². The first kappa shape index (κ1) is 16.8. The second kappa shape index (κ2) is 7.13. The number of alkyl halides is 3. The minimum absolute atomic E-state index is 0.250. The van der Waals surface area contributed by atoms with Crippen LogP contribution in [0.2, 0.25) is 0 Å². The fraction of sp³-hybridized carbons (Fsp3) is 0.562. The normalized spacial score (nSPS) is 16.8. The van der Waals surface area contributed by atoms with Crippen molar-refractivity contribution in [3.63, 3.8) is 0 Å². The lowest BCUT2D eigenvalue weighted by atomic mass is 9.95. The number of carbonyl (C=O) groups is 1. The maximum absolute atomic E-state index is 13.0. The molecule has 2 rings (SSSR count). The Morgan fingerprint density at radius 2 is 1.91 bits per heavy atom. The molecule has 1 heterocycles. The third-order valence-corrected chi connectivity index (χ3v) is 4.05. The number of likely N-dealkylation sites (tertiary alicyclic amines) is 1. The number of hydrogen-bond acceptors (Lipinski definition) is 2. The lowest BCUT2D eigenvalue weighted by Crippen LogP contribution is -2.41. The van der Waals surface area contributed by atoms with Gasteiger partial charge in [-0.2, -0.15) is 13.2 Å². The molecular formula is C16H21F3N2O. The van der Waals surface area contributed by atoms with Crippen LogP contribution in [-0.4, -0.2) is 37.0 Å². The molecule has 0 radical (unpaired) electrons. The van der Waals surface area contributed by atoms with Crippen molar-refractivity contribution in [1.82, 2.24) is 10.2 Å². The second-order valence-electron chi connectivity index (χ2n) is 5.59. The van der Waals surface area contributed by atoms with Crippen molar-refractivity contribution in [2.45, 2.75) is 25.9 Å². The zero-order valence-corrected chi connectivity index (χ0v) is 12.6. The number of hydrogen-bond donors (Lipinski definition) is 1. The van der Waals surface area contributed by atoms with Gasteiger partial charge in [0.25, 0.3) is 5.91 Å². The molecule has 0 spiro atoms. The van der Waals surface area contributed by atoms with Gasteiger partial charge in [-0.25, -0.2) is 0 Å². The SMILES string of the molecule is CCNCC1CCN(C(=O)c2ccccc2C(F)(F)F)CC1. The number of rotatable bonds is 4. The van der Waals surface area contributed by atoms with Crippen molar-refractivity contribution in [3.05, 3.63) is 35.4 Å². The van der Waals surface area contributed by atoms with Crippen LogP contribution < -0.4 is 5.32 Å². The predicted octanol–water partition coefficient (Wildman–Crippen LogP) is 3.17. The molecule has 0 bridgehead atoms. The molecule has 0 unspecified atom stereocenters. The molecule has 1 saturated heterocycles. The number of benzene rings is 1. The highest BCUT2D eigenvalue weighted by Crippen LogP contribution is 2.32. The van der Waals surface area contributed by atoms with Crippen molar-refractivity contribution in [2.24, 2.45) is 5.92 Å². The van der Waals surface area contributed by atoms with Crippen LogP contribution in [0.3, 0.4) is 0 Å². The van der Waals surface area contributed by atoms with E-state index in [1.165, 1.54) is 23.1 Å². The van der Waals surface area contributed by atoms with Crippen LogP contribution in [0.25, 0.3) is 0 Å². The number of carbonyl (C=O) groups excluding carboxylic acids is 1. The van der Waals surface area contributed by atoms with Gasteiger partial charge in [0.1, 0.15) is 0 Å². The number of nitrogens with zero attached hydrogens (tertiary/aromatic N) is 1. The lowest BCUT2D eigenvalue weighted by molar-refractivity contribution is -0.138. The Bertz CT molecular complexity index is 508. The molecule has 22 heavy (non-hydrogen) atoms. The Balaban J connectivity index is 2.05. The van der Waals surface area contributed by atoms with Gasteiger partial charge < -0.3 is 10.2 Å². The highest BCUT2D eigenvalue weighted by atomic mass is 19.4. The number of piperidine rings is 1. The molecule has 1 aliphatic rings. The molecule has 1 aliphatic heterocycles. The van der Waals surface area contributed by atoms with Gasteiger partial charge in [-0.3, -0.25) is 4.79 Å². The monoisotopic (exact) mass is 314 g/mol. The first-order valence-corrected chi connectivity index (χ1v) is 7.59. The third kappa shape index (κ3) is 4.00. The van der Waals surface area contributed by atoms with Crippen LogP contribution in [0.4, 0.5) is 13.2 Å². The molecular weight excluding hydrogens is 293 g/mol. The first-order valence-electron chi connectivity index (χ1n) is 7.59. The molecule has 0 aliphatic carbocycles. The minimum Gasteiger partial charge on any atom is -0.339 e. The number of amides is 1. The first-order chi connectivity index (χ1) is 10.4. The molecule has 1 fully saturated rings. The third-order valence-electron chi connectivity index (χ3n) is 4.05. The lowest BCUT2D eigenvalue weighted by Gasteiger charge is -2.32. The van der Waals surface area contributed by atoms with E-state index in [1.807, 2.05) is 6.92 Å². The van der Waals surface area contributed by atoms with Crippen LogP contribution in [0.15, 0.2) is 24.3 Å². The summed E-state index contributed by atoms with van der Waals surface area (Å²) < 4.78 is 39.0. The van der Waals surface area contributed by atoms with Crippen LogP contribution in [0.1, 0.15) is 35.7 Å². The van der Waals surface area contributed by atoms with Crippen molar-refractivity contribution >= 4 is 5.91 Å². The van der Waals surface area contributed by atoms with Crippen molar-refractivity contribution in [2.75, 3.05) is 26.2 Å². The molecule has 1 amide bonds. The van der Waals surface area contributed by atoms with Gasteiger partial charge in [-0.15, -0.1) is 0 Å². The quantitative estimate of drug-likeness (QED) is 0.926. The van der Waals surface area contributed by atoms with Gasteiger partial charge >= 0.3 is 6.18 Å². The van der Waals surface area contributed by atoms with E-state index in [0.29, 0.717) is 19.0 Å². The predicted molar refractivity (Wildman–Crippen MR) is 78.6 cm³/mol. The van der Waals surface area contributed by atoms with E-state index in [-0.39, 0.29) is 5.56 Å². The van der Waals surface area contributed by atoms with Crippen LogP contribution in [-0.2, 0) is 6.18 Å². The Morgan fingerprint density at radius 1 is 1.27 bits per heavy atom. The zero-order chi connectivity index (χ0) is 16.2. The van der Waals surface area contributed by atoms with E-state index in [4.69, 9.17) is 0 Å². The van der Waals surface area contributed by atoms with Gasteiger partial charge in [0.15, 0.2) is 0 Å². The molecule has 1 aromatic carbocycles. The molecule has 0 aromatic heterocycles. The summed E-state index contributed by atoms with van der Waals surface area (Å²) in [4.78, 5) is 13.9. The molecule has 6 heteroatoms. The summed E-state index contributed by atoms with van der Waals surface area (Å²) in [6, 6.07) is 5.00. The molecule has 3 nitrogen and oxygen atoms in total. The van der Waals surface area contributed by atoms with Crippen LogP contribution in [0, 0.1) is 5.92 Å². The van der Waals surface area contributed by atoms with E-state index in [9.17, 15) is 18.0 Å². The summed E-state index contributed by atoms with van der Waals surface area (Å²) in [7, 11) is 0. The highest BCUT2D eigenvalue weighted by molar-refractivity contribution is 5.96.